The van der Waals surface area contributed by atoms with Crippen molar-refractivity contribution in [3.63, 3.8) is 0 Å². The van der Waals surface area contributed by atoms with Crippen LogP contribution in [0.15, 0.2) is 17.1 Å². The maximum absolute atomic E-state index is 11.7. The van der Waals surface area contributed by atoms with Crippen LogP contribution in [0.4, 0.5) is 5.69 Å². The molecule has 0 spiro atoms. The fourth-order valence-corrected chi connectivity index (χ4v) is 1.50. The summed E-state index contributed by atoms with van der Waals surface area (Å²) in [5.41, 5.74) is 0.630. The molecule has 0 fully saturated rings. The monoisotopic (exact) mass is 249 g/mol. The Balaban J connectivity index is 2.47. The van der Waals surface area contributed by atoms with Gasteiger partial charge in [0.25, 0.3) is 5.56 Å². The Kier molecular flexibility index (Phi) is 6.51. The zero-order chi connectivity index (χ0) is 13.2. The van der Waals surface area contributed by atoms with E-state index in [4.69, 9.17) is 5.26 Å². The molecule has 1 heterocycles. The van der Waals surface area contributed by atoms with Gasteiger partial charge in [0.2, 0.25) is 0 Å². The number of nitrogens with zero attached hydrogens (tertiary/aromatic N) is 3. The Morgan fingerprint density at radius 3 is 2.94 bits per heavy atom. The first-order valence-electron chi connectivity index (χ1n) is 6.10. The van der Waals surface area contributed by atoms with Crippen LogP contribution < -0.4 is 16.2 Å². The van der Waals surface area contributed by atoms with Crippen molar-refractivity contribution in [1.29, 1.82) is 5.26 Å². The van der Waals surface area contributed by atoms with Gasteiger partial charge in [-0.1, -0.05) is 0 Å². The summed E-state index contributed by atoms with van der Waals surface area (Å²) in [5.74, 6) is 0. The topological polar surface area (TPSA) is 82.7 Å². The third-order valence-corrected chi connectivity index (χ3v) is 2.48. The van der Waals surface area contributed by atoms with Gasteiger partial charge in [0, 0.05) is 32.1 Å². The summed E-state index contributed by atoms with van der Waals surface area (Å²) in [7, 11) is 1.87. The molecular formula is C12H19N5O. The maximum Gasteiger partial charge on any atom is 0.268 e. The number of hydrogen-bond donors (Lipinski definition) is 2. The van der Waals surface area contributed by atoms with Crippen LogP contribution in [-0.4, -0.2) is 29.9 Å². The first-order chi connectivity index (χ1) is 8.77. The summed E-state index contributed by atoms with van der Waals surface area (Å²) in [5, 5.41) is 18.6. The third kappa shape index (κ3) is 4.97. The van der Waals surface area contributed by atoms with E-state index in [1.54, 1.807) is 12.3 Å². The third-order valence-electron chi connectivity index (χ3n) is 2.48. The number of nitrogens with one attached hydrogen (secondary N) is 2. The molecular weight excluding hydrogens is 230 g/mol. The van der Waals surface area contributed by atoms with E-state index < -0.39 is 0 Å². The number of hydrogen-bond acceptors (Lipinski definition) is 5. The Hall–Kier alpha value is -1.87. The van der Waals surface area contributed by atoms with Gasteiger partial charge in [-0.3, -0.25) is 4.79 Å². The van der Waals surface area contributed by atoms with E-state index in [-0.39, 0.29) is 5.56 Å². The number of nitriles is 1. The number of unbranched alkanes of at least 4 members (excludes halogenated alkanes) is 2. The standard InChI is InChI=1S/C12H19N5O/c1-14-6-7-15-11-9-12(18)17(16-10-11)8-4-2-3-5-13/h9-10,14-15H,2-4,6-8H2,1H3. The Morgan fingerprint density at radius 2 is 2.28 bits per heavy atom. The van der Waals surface area contributed by atoms with Crippen molar-refractivity contribution in [2.45, 2.75) is 25.8 Å². The predicted molar refractivity (Wildman–Crippen MR) is 70.4 cm³/mol. The lowest BCUT2D eigenvalue weighted by molar-refractivity contribution is 0.535. The van der Waals surface area contributed by atoms with E-state index in [1.807, 2.05) is 7.05 Å². The largest absolute Gasteiger partial charge is 0.382 e. The van der Waals surface area contributed by atoms with Gasteiger partial charge in [0.1, 0.15) is 0 Å². The minimum Gasteiger partial charge on any atom is -0.382 e. The molecule has 0 aliphatic heterocycles. The molecule has 1 rings (SSSR count). The highest BCUT2D eigenvalue weighted by Crippen LogP contribution is 2.00. The normalized spacial score (nSPS) is 10.0. The molecule has 0 aliphatic carbocycles. The average molecular weight is 249 g/mol. The summed E-state index contributed by atoms with van der Waals surface area (Å²) in [6, 6.07) is 3.63. The van der Waals surface area contributed by atoms with Crippen LogP contribution in [-0.2, 0) is 6.54 Å². The molecule has 0 saturated carbocycles. The summed E-state index contributed by atoms with van der Waals surface area (Å²) < 4.78 is 1.43. The lowest BCUT2D eigenvalue weighted by Gasteiger charge is -2.07. The molecule has 1 aromatic rings. The van der Waals surface area contributed by atoms with Crippen molar-refractivity contribution in [3.8, 4) is 6.07 Å². The SMILES string of the molecule is CNCCNc1cnn(CCCCC#N)c(=O)c1. The second kappa shape index (κ2) is 8.25. The second-order valence-electron chi connectivity index (χ2n) is 3.95. The molecule has 0 unspecified atom stereocenters. The molecule has 2 N–H and O–H groups in total. The van der Waals surface area contributed by atoms with Gasteiger partial charge in [-0.15, -0.1) is 0 Å². The Bertz CT molecular complexity index is 449. The highest BCUT2D eigenvalue weighted by molar-refractivity contribution is 5.38. The molecule has 0 saturated heterocycles. The molecule has 0 bridgehead atoms. The summed E-state index contributed by atoms with van der Waals surface area (Å²) in [6.07, 6.45) is 3.78. The van der Waals surface area contributed by atoms with Crippen LogP contribution in [0.1, 0.15) is 19.3 Å². The molecule has 0 aliphatic rings. The zero-order valence-corrected chi connectivity index (χ0v) is 10.6. The highest BCUT2D eigenvalue weighted by Gasteiger charge is 1.99. The van der Waals surface area contributed by atoms with Gasteiger partial charge in [0.05, 0.1) is 18.0 Å². The first kappa shape index (κ1) is 14.2. The molecule has 98 valence electrons. The van der Waals surface area contributed by atoms with E-state index in [2.05, 4.69) is 21.8 Å². The highest BCUT2D eigenvalue weighted by atomic mass is 16.1. The summed E-state index contributed by atoms with van der Waals surface area (Å²) >= 11 is 0. The molecule has 18 heavy (non-hydrogen) atoms. The van der Waals surface area contributed by atoms with Crippen molar-refractivity contribution in [3.05, 3.63) is 22.6 Å². The fourth-order valence-electron chi connectivity index (χ4n) is 1.50. The Labute approximate surface area is 107 Å². The van der Waals surface area contributed by atoms with Gasteiger partial charge in [-0.25, -0.2) is 4.68 Å². The van der Waals surface area contributed by atoms with Crippen LogP contribution in [0.25, 0.3) is 0 Å². The van der Waals surface area contributed by atoms with Crippen molar-refractivity contribution >= 4 is 5.69 Å². The summed E-state index contributed by atoms with van der Waals surface area (Å²) in [4.78, 5) is 11.7. The Morgan fingerprint density at radius 1 is 1.44 bits per heavy atom. The van der Waals surface area contributed by atoms with E-state index in [9.17, 15) is 4.79 Å². The van der Waals surface area contributed by atoms with Crippen molar-refractivity contribution in [1.82, 2.24) is 15.1 Å². The van der Waals surface area contributed by atoms with Crippen LogP contribution in [0.5, 0.6) is 0 Å². The number of aryl methyl sites for hydroxylation is 1. The molecule has 6 nitrogen and oxygen atoms in total. The van der Waals surface area contributed by atoms with Gasteiger partial charge in [-0.2, -0.15) is 10.4 Å². The molecule has 1 aromatic heterocycles. The molecule has 6 heteroatoms. The lowest BCUT2D eigenvalue weighted by Crippen LogP contribution is -2.24. The van der Waals surface area contributed by atoms with E-state index >= 15 is 0 Å². The number of aromatic nitrogens is 2. The number of likely N-dealkylation sites (N-methyl/N-ethyl adjacent to an activating group) is 1. The van der Waals surface area contributed by atoms with E-state index in [0.29, 0.717) is 13.0 Å². The van der Waals surface area contributed by atoms with Crippen molar-refractivity contribution in [2.75, 3.05) is 25.5 Å². The van der Waals surface area contributed by atoms with Gasteiger partial charge < -0.3 is 10.6 Å². The second-order valence-corrected chi connectivity index (χ2v) is 3.95. The van der Waals surface area contributed by atoms with Crippen LogP contribution in [0, 0.1) is 11.3 Å². The molecule has 0 radical (unpaired) electrons. The fraction of sp³-hybridized carbons (Fsp3) is 0.583. The van der Waals surface area contributed by atoms with E-state index in [1.165, 1.54) is 4.68 Å². The van der Waals surface area contributed by atoms with Crippen molar-refractivity contribution in [2.24, 2.45) is 0 Å². The number of anilines is 1. The van der Waals surface area contributed by atoms with Crippen LogP contribution >= 0.6 is 0 Å². The smallest absolute Gasteiger partial charge is 0.268 e. The minimum absolute atomic E-state index is 0.110. The van der Waals surface area contributed by atoms with Crippen LogP contribution in [0.2, 0.25) is 0 Å². The minimum atomic E-state index is -0.110. The maximum atomic E-state index is 11.7. The predicted octanol–water partition coefficient (Wildman–Crippen LogP) is 0.568. The molecule has 0 amide bonds. The zero-order valence-electron chi connectivity index (χ0n) is 10.6. The van der Waals surface area contributed by atoms with E-state index in [0.717, 1.165) is 31.6 Å². The van der Waals surface area contributed by atoms with Gasteiger partial charge >= 0.3 is 0 Å². The molecule has 0 aromatic carbocycles. The summed E-state index contributed by atoms with van der Waals surface area (Å²) in [6.45, 7) is 2.15. The quantitative estimate of drug-likeness (QED) is 0.658. The lowest BCUT2D eigenvalue weighted by atomic mass is 10.2. The van der Waals surface area contributed by atoms with Gasteiger partial charge in [0.15, 0.2) is 0 Å². The molecule has 0 atom stereocenters. The number of rotatable bonds is 8. The average Bonchev–Trinajstić information content (AvgIpc) is 2.37. The van der Waals surface area contributed by atoms with Gasteiger partial charge in [-0.05, 0) is 19.9 Å². The first-order valence-corrected chi connectivity index (χ1v) is 6.10. The van der Waals surface area contributed by atoms with Crippen molar-refractivity contribution < 1.29 is 0 Å². The van der Waals surface area contributed by atoms with Crippen LogP contribution in [0.3, 0.4) is 0 Å².